The molecule has 0 spiro atoms. The lowest BCUT2D eigenvalue weighted by Gasteiger charge is -2.35. The zero-order valence-electron chi connectivity index (χ0n) is 19.4. The molecule has 2 heterocycles. The van der Waals surface area contributed by atoms with E-state index in [0.717, 1.165) is 13.1 Å². The highest BCUT2D eigenvalue weighted by molar-refractivity contribution is 7.99. The Balaban J connectivity index is 1.69. The van der Waals surface area contributed by atoms with Gasteiger partial charge in [-0.3, -0.25) is 14.9 Å². The largest absolute Gasteiger partial charge is 0.618 e. The van der Waals surface area contributed by atoms with Gasteiger partial charge in [-0.1, -0.05) is 13.0 Å². The van der Waals surface area contributed by atoms with E-state index in [9.17, 15) is 20.1 Å². The molecule has 0 N–H and O–H groups in total. The van der Waals surface area contributed by atoms with Crippen molar-refractivity contribution in [2.75, 3.05) is 43.9 Å². The fraction of sp³-hybridized carbons (Fsp3) is 0.280. The van der Waals surface area contributed by atoms with Gasteiger partial charge in [0.15, 0.2) is 12.0 Å². The van der Waals surface area contributed by atoms with E-state index in [1.165, 1.54) is 66.5 Å². The average molecular weight is 497 g/mol. The number of nitrogens with zero attached hydrogens (tertiary/aromatic N) is 4. The monoisotopic (exact) mass is 496 g/mol. The number of hydrogen-bond acceptors (Lipinski definition) is 7. The summed E-state index contributed by atoms with van der Waals surface area (Å²) >= 11 is 1.42. The molecular formula is C25H25FN4O4S. The SMILES string of the molecule is CCSc1c(N2CCN(C)CC2)c(F)cc2cc(C(=O)C=Cc3ccc([N+](=O)[O-])cc3)c[n+]([O-])c12. The summed E-state index contributed by atoms with van der Waals surface area (Å²) in [6, 6.07) is 8.61. The number of halogens is 1. The molecule has 0 radical (unpaired) electrons. The summed E-state index contributed by atoms with van der Waals surface area (Å²) in [4.78, 5) is 27.8. The van der Waals surface area contributed by atoms with Crippen LogP contribution in [0.1, 0.15) is 22.8 Å². The Kier molecular flexibility index (Phi) is 7.32. The molecule has 8 nitrogen and oxygen atoms in total. The number of carbonyl (C=O) groups excluding carboxylic acids is 1. The minimum Gasteiger partial charge on any atom is -0.618 e. The summed E-state index contributed by atoms with van der Waals surface area (Å²) < 4.78 is 16.0. The highest BCUT2D eigenvalue weighted by Crippen LogP contribution is 2.38. The minimum atomic E-state index is -0.500. The van der Waals surface area contributed by atoms with Gasteiger partial charge in [-0.2, -0.15) is 4.73 Å². The molecule has 0 bridgehead atoms. The number of benzene rings is 2. The van der Waals surface area contributed by atoms with Gasteiger partial charge in [-0.25, -0.2) is 4.39 Å². The molecule has 4 rings (SSSR count). The van der Waals surface area contributed by atoms with E-state index in [-0.39, 0.29) is 11.3 Å². The lowest BCUT2D eigenvalue weighted by atomic mass is 10.1. The van der Waals surface area contributed by atoms with E-state index in [0.29, 0.717) is 50.6 Å². The number of thioether (sulfide) groups is 1. The second-order valence-electron chi connectivity index (χ2n) is 8.30. The van der Waals surface area contributed by atoms with Crippen LogP contribution in [0.4, 0.5) is 15.8 Å². The fourth-order valence-electron chi connectivity index (χ4n) is 4.07. The van der Waals surface area contributed by atoms with Crippen LogP contribution >= 0.6 is 11.8 Å². The van der Waals surface area contributed by atoms with Gasteiger partial charge in [0.2, 0.25) is 5.52 Å². The average Bonchev–Trinajstić information content (AvgIpc) is 2.83. The summed E-state index contributed by atoms with van der Waals surface area (Å²) in [6.07, 6.45) is 4.02. The second kappa shape index (κ2) is 10.4. The standard InChI is InChI=1S/C25H25FN4O4S/c1-3-35-25-23-18(15-21(26)24(25)28-12-10-27(2)11-13-28)14-19(16-29(23)32)22(31)9-6-17-4-7-20(8-5-17)30(33)34/h4-9,14-16H,3,10-13H2,1-2H3. The number of allylic oxidation sites excluding steroid dienone is 1. The van der Waals surface area contributed by atoms with Crippen LogP contribution in [0.2, 0.25) is 0 Å². The molecule has 0 saturated carbocycles. The third-order valence-corrected chi connectivity index (χ3v) is 6.89. The first-order valence-electron chi connectivity index (χ1n) is 11.2. The molecular weight excluding hydrogens is 471 g/mol. The van der Waals surface area contributed by atoms with E-state index >= 15 is 4.39 Å². The van der Waals surface area contributed by atoms with Gasteiger partial charge in [0.05, 0.1) is 21.6 Å². The van der Waals surface area contributed by atoms with E-state index in [2.05, 4.69) is 4.90 Å². The summed E-state index contributed by atoms with van der Waals surface area (Å²) in [6.45, 7) is 4.89. The van der Waals surface area contributed by atoms with Crippen molar-refractivity contribution in [3.8, 4) is 0 Å². The highest BCUT2D eigenvalue weighted by Gasteiger charge is 2.27. The number of nitro groups is 1. The van der Waals surface area contributed by atoms with Crippen molar-refractivity contribution in [1.82, 2.24) is 4.90 Å². The maximum atomic E-state index is 15.4. The lowest BCUT2D eigenvalue weighted by molar-refractivity contribution is -0.578. The predicted octanol–water partition coefficient (Wildman–Crippen LogP) is 4.28. The fourth-order valence-corrected chi connectivity index (χ4v) is 5.07. The molecule has 0 unspecified atom stereocenters. The van der Waals surface area contributed by atoms with Crippen molar-refractivity contribution in [3.05, 3.63) is 80.9 Å². The van der Waals surface area contributed by atoms with E-state index < -0.39 is 16.5 Å². The number of piperazine rings is 1. The van der Waals surface area contributed by atoms with Gasteiger partial charge >= 0.3 is 0 Å². The Labute approximate surface area is 206 Å². The number of hydrogen-bond donors (Lipinski definition) is 0. The molecule has 0 amide bonds. The van der Waals surface area contributed by atoms with Crippen molar-refractivity contribution >= 4 is 45.9 Å². The van der Waals surface area contributed by atoms with Crippen LogP contribution in [0.25, 0.3) is 17.0 Å². The van der Waals surface area contributed by atoms with Gasteiger partial charge in [0.25, 0.3) is 5.69 Å². The van der Waals surface area contributed by atoms with Crippen molar-refractivity contribution in [2.24, 2.45) is 0 Å². The van der Waals surface area contributed by atoms with Crippen LogP contribution in [0.3, 0.4) is 0 Å². The quantitative estimate of drug-likeness (QED) is 0.0917. The van der Waals surface area contributed by atoms with Crippen molar-refractivity contribution in [1.29, 1.82) is 0 Å². The molecule has 1 saturated heterocycles. The molecule has 35 heavy (non-hydrogen) atoms. The lowest BCUT2D eigenvalue weighted by Crippen LogP contribution is -2.45. The van der Waals surface area contributed by atoms with Crippen LogP contribution in [0, 0.1) is 21.1 Å². The van der Waals surface area contributed by atoms with Crippen LogP contribution in [0.15, 0.2) is 53.6 Å². The van der Waals surface area contributed by atoms with Crippen LogP contribution in [-0.2, 0) is 0 Å². The highest BCUT2D eigenvalue weighted by atomic mass is 32.2. The van der Waals surface area contributed by atoms with Crippen LogP contribution in [-0.4, -0.2) is 54.6 Å². The number of rotatable bonds is 7. The Bertz CT molecular complexity index is 1310. The Morgan fingerprint density at radius 2 is 1.89 bits per heavy atom. The van der Waals surface area contributed by atoms with Gasteiger partial charge in [0.1, 0.15) is 10.7 Å². The molecule has 1 aliphatic heterocycles. The first-order chi connectivity index (χ1) is 16.8. The molecule has 0 aliphatic carbocycles. The number of ketones is 1. The summed E-state index contributed by atoms with van der Waals surface area (Å²) in [5, 5.41) is 24.2. The maximum Gasteiger partial charge on any atom is 0.269 e. The smallest absolute Gasteiger partial charge is 0.269 e. The predicted molar refractivity (Wildman–Crippen MR) is 135 cm³/mol. The molecule has 1 fully saturated rings. The second-order valence-corrected chi connectivity index (χ2v) is 9.57. The molecule has 2 aromatic carbocycles. The molecule has 1 aliphatic rings. The minimum absolute atomic E-state index is 0.0471. The first kappa shape index (κ1) is 24.6. The topological polar surface area (TPSA) is 93.6 Å². The number of nitro benzene ring substituents is 1. The number of likely N-dealkylation sites (N-methyl/N-ethyl adjacent to an activating group) is 1. The molecule has 0 atom stereocenters. The number of anilines is 1. The van der Waals surface area contributed by atoms with Gasteiger partial charge in [-0.15, -0.1) is 11.8 Å². The van der Waals surface area contributed by atoms with E-state index in [1.54, 1.807) is 0 Å². The molecule has 1 aromatic heterocycles. The first-order valence-corrected chi connectivity index (χ1v) is 12.2. The zero-order chi connectivity index (χ0) is 25.1. The Hall–Kier alpha value is -3.50. The maximum absolute atomic E-state index is 15.4. The van der Waals surface area contributed by atoms with Crippen molar-refractivity contribution in [2.45, 2.75) is 11.8 Å². The molecule has 10 heteroatoms. The number of carbonyl (C=O) groups is 1. The third kappa shape index (κ3) is 5.28. The summed E-state index contributed by atoms with van der Waals surface area (Å²) in [7, 11) is 2.02. The van der Waals surface area contributed by atoms with Gasteiger partial charge < -0.3 is 15.0 Å². The molecule has 3 aromatic rings. The number of non-ortho nitro benzene ring substituents is 1. The number of fused-ring (bicyclic) bond motifs is 1. The Morgan fingerprint density at radius 1 is 1.20 bits per heavy atom. The van der Waals surface area contributed by atoms with Crippen LogP contribution < -0.4 is 9.63 Å². The third-order valence-electron chi connectivity index (χ3n) is 5.92. The Morgan fingerprint density at radius 3 is 2.51 bits per heavy atom. The van der Waals surface area contributed by atoms with Gasteiger partial charge in [-0.05, 0) is 48.7 Å². The van der Waals surface area contributed by atoms with Gasteiger partial charge in [0, 0.05) is 38.3 Å². The van der Waals surface area contributed by atoms with Crippen molar-refractivity contribution in [3.63, 3.8) is 0 Å². The van der Waals surface area contributed by atoms with Crippen LogP contribution in [0.5, 0.6) is 0 Å². The number of aromatic nitrogens is 1. The summed E-state index contributed by atoms with van der Waals surface area (Å²) in [5.41, 5.74) is 1.48. The summed E-state index contributed by atoms with van der Waals surface area (Å²) in [5.74, 6) is -0.176. The van der Waals surface area contributed by atoms with E-state index in [1.807, 2.05) is 18.9 Å². The number of pyridine rings is 1. The zero-order valence-corrected chi connectivity index (χ0v) is 20.3. The normalized spacial score (nSPS) is 14.7. The van der Waals surface area contributed by atoms with Crippen molar-refractivity contribution < 1.29 is 18.8 Å². The molecule has 182 valence electrons. The van der Waals surface area contributed by atoms with E-state index in [4.69, 9.17) is 0 Å².